The first-order chi connectivity index (χ1) is 11.4. The van der Waals surface area contributed by atoms with Crippen LogP contribution in [0.2, 0.25) is 0 Å². The molecule has 7 heteroatoms. The molecule has 0 unspecified atom stereocenters. The number of anilines is 1. The van der Waals surface area contributed by atoms with Crippen molar-refractivity contribution in [2.24, 2.45) is 11.7 Å². The lowest BCUT2D eigenvalue weighted by Gasteiger charge is -2.09. The molecule has 0 aliphatic heterocycles. The molecular weight excluding hydrogens is 328 g/mol. The van der Waals surface area contributed by atoms with Gasteiger partial charge in [-0.15, -0.1) is 11.3 Å². The molecule has 3 N–H and O–H groups in total. The fraction of sp³-hybridized carbons (Fsp3) is 0.588. The molecule has 2 amide bonds. The highest BCUT2D eigenvalue weighted by molar-refractivity contribution is 7.18. The third-order valence-electron chi connectivity index (χ3n) is 4.36. The number of primary amides is 1. The van der Waals surface area contributed by atoms with Gasteiger partial charge in [0.1, 0.15) is 9.88 Å². The van der Waals surface area contributed by atoms with Crippen LogP contribution in [-0.4, -0.2) is 24.4 Å². The summed E-state index contributed by atoms with van der Waals surface area (Å²) in [4.78, 5) is 36.2. The summed E-state index contributed by atoms with van der Waals surface area (Å²) in [5, 5.41) is 3.08. The normalized spacial score (nSPS) is 14.6. The summed E-state index contributed by atoms with van der Waals surface area (Å²) >= 11 is 1.04. The Morgan fingerprint density at radius 3 is 2.54 bits per heavy atom. The molecule has 132 valence electrons. The van der Waals surface area contributed by atoms with Gasteiger partial charge in [-0.2, -0.15) is 0 Å². The van der Waals surface area contributed by atoms with Crippen LogP contribution in [0.4, 0.5) is 5.00 Å². The van der Waals surface area contributed by atoms with Gasteiger partial charge in [-0.1, -0.05) is 25.7 Å². The smallest absolute Gasteiger partial charge is 0.348 e. The van der Waals surface area contributed by atoms with Crippen LogP contribution < -0.4 is 11.1 Å². The number of amides is 2. The fourth-order valence-corrected chi connectivity index (χ4v) is 4.24. The Labute approximate surface area is 145 Å². The van der Waals surface area contributed by atoms with Crippen molar-refractivity contribution < 1.29 is 19.1 Å². The molecular formula is C17H24N2O4S. The van der Waals surface area contributed by atoms with E-state index in [1.807, 2.05) is 0 Å². The first-order valence-electron chi connectivity index (χ1n) is 8.34. The van der Waals surface area contributed by atoms with E-state index in [4.69, 9.17) is 10.5 Å². The number of carbonyl (C=O) groups is 3. The van der Waals surface area contributed by atoms with Crippen molar-refractivity contribution in [2.45, 2.75) is 52.4 Å². The average Bonchev–Trinajstić information content (AvgIpc) is 3.13. The van der Waals surface area contributed by atoms with Crippen LogP contribution in [0.15, 0.2) is 0 Å². The number of carbonyl (C=O) groups excluding carboxylic acids is 3. The van der Waals surface area contributed by atoms with Crippen molar-refractivity contribution in [1.29, 1.82) is 0 Å². The third kappa shape index (κ3) is 4.35. The molecule has 0 atom stereocenters. The van der Waals surface area contributed by atoms with Gasteiger partial charge in [-0.05, 0) is 31.7 Å². The Hall–Kier alpha value is -1.89. The number of thiophene rings is 1. The molecule has 1 aliphatic carbocycles. The number of hydrogen-bond acceptors (Lipinski definition) is 5. The number of ether oxygens (including phenoxy) is 1. The highest BCUT2D eigenvalue weighted by Gasteiger charge is 2.25. The summed E-state index contributed by atoms with van der Waals surface area (Å²) in [5.74, 6) is -0.702. The maximum absolute atomic E-state index is 12.2. The van der Waals surface area contributed by atoms with Crippen molar-refractivity contribution in [1.82, 2.24) is 0 Å². The lowest BCUT2D eigenvalue weighted by Crippen LogP contribution is -2.17. The maximum atomic E-state index is 12.2. The van der Waals surface area contributed by atoms with E-state index in [1.165, 1.54) is 25.7 Å². The Balaban J connectivity index is 2.09. The van der Waals surface area contributed by atoms with Crippen molar-refractivity contribution in [3.8, 4) is 0 Å². The summed E-state index contributed by atoms with van der Waals surface area (Å²) in [5.41, 5.74) is 6.06. The Morgan fingerprint density at radius 2 is 1.96 bits per heavy atom. The first-order valence-corrected chi connectivity index (χ1v) is 9.15. The van der Waals surface area contributed by atoms with Crippen molar-refractivity contribution in [3.63, 3.8) is 0 Å². The van der Waals surface area contributed by atoms with E-state index in [-0.39, 0.29) is 18.1 Å². The van der Waals surface area contributed by atoms with Gasteiger partial charge in [0.25, 0.3) is 5.91 Å². The van der Waals surface area contributed by atoms with Crippen LogP contribution in [0.1, 0.15) is 71.0 Å². The number of rotatable bonds is 7. The predicted molar refractivity (Wildman–Crippen MR) is 93.4 cm³/mol. The Morgan fingerprint density at radius 1 is 1.29 bits per heavy atom. The summed E-state index contributed by atoms with van der Waals surface area (Å²) in [6, 6.07) is 0. The van der Waals surface area contributed by atoms with Crippen LogP contribution in [0.3, 0.4) is 0 Å². The Bertz CT molecular complexity index is 633. The van der Waals surface area contributed by atoms with Gasteiger partial charge in [0.2, 0.25) is 5.91 Å². The van der Waals surface area contributed by atoms with Gasteiger partial charge < -0.3 is 15.8 Å². The largest absolute Gasteiger partial charge is 0.462 e. The lowest BCUT2D eigenvalue weighted by atomic mass is 10.0. The van der Waals surface area contributed by atoms with E-state index < -0.39 is 11.9 Å². The molecule has 1 aromatic rings. The van der Waals surface area contributed by atoms with Gasteiger partial charge in [0.15, 0.2) is 0 Å². The second-order valence-corrected chi connectivity index (χ2v) is 7.10. The highest BCUT2D eigenvalue weighted by Crippen LogP contribution is 2.34. The van der Waals surface area contributed by atoms with E-state index in [2.05, 4.69) is 5.32 Å². The molecule has 0 radical (unpaired) electrons. The van der Waals surface area contributed by atoms with Gasteiger partial charge in [0.05, 0.1) is 12.2 Å². The summed E-state index contributed by atoms with van der Waals surface area (Å²) in [6.07, 6.45) is 6.12. The summed E-state index contributed by atoms with van der Waals surface area (Å²) < 4.78 is 4.98. The topological polar surface area (TPSA) is 98.5 Å². The van der Waals surface area contributed by atoms with E-state index in [0.29, 0.717) is 27.8 Å². The second kappa shape index (κ2) is 8.28. The second-order valence-electron chi connectivity index (χ2n) is 6.08. The predicted octanol–water partition coefficient (Wildman–Crippen LogP) is 3.24. The summed E-state index contributed by atoms with van der Waals surface area (Å²) in [6.45, 7) is 3.59. The number of esters is 1. The van der Waals surface area contributed by atoms with E-state index in [1.54, 1.807) is 13.8 Å². The van der Waals surface area contributed by atoms with Crippen molar-refractivity contribution in [2.75, 3.05) is 11.9 Å². The molecule has 0 spiro atoms. The molecule has 0 saturated heterocycles. The molecule has 6 nitrogen and oxygen atoms in total. The standard InChI is InChI=1S/C17H24N2O4S/c1-3-23-17(22)14-10(2)13(15(18)21)16(24-14)19-12(20)9-8-11-6-4-5-7-11/h11H,3-9H2,1-2H3,(H2,18,21)(H,19,20). The van der Waals surface area contributed by atoms with Gasteiger partial charge >= 0.3 is 5.97 Å². The van der Waals surface area contributed by atoms with Gasteiger partial charge in [-0.25, -0.2) is 4.79 Å². The number of hydrogen-bond donors (Lipinski definition) is 2. The molecule has 1 aromatic heterocycles. The number of nitrogens with two attached hydrogens (primary N) is 1. The van der Waals surface area contributed by atoms with E-state index in [0.717, 1.165) is 17.8 Å². The lowest BCUT2D eigenvalue weighted by molar-refractivity contribution is -0.116. The van der Waals surface area contributed by atoms with Gasteiger partial charge in [0, 0.05) is 6.42 Å². The fourth-order valence-electron chi connectivity index (χ4n) is 3.11. The molecule has 1 aliphatic rings. The Kier molecular flexibility index (Phi) is 6.36. The third-order valence-corrected chi connectivity index (χ3v) is 5.55. The monoisotopic (exact) mass is 352 g/mol. The first kappa shape index (κ1) is 18.4. The van der Waals surface area contributed by atoms with Crippen LogP contribution in [0, 0.1) is 12.8 Å². The zero-order chi connectivity index (χ0) is 17.7. The van der Waals surface area contributed by atoms with Crippen LogP contribution in [-0.2, 0) is 9.53 Å². The zero-order valence-corrected chi connectivity index (χ0v) is 15.0. The van der Waals surface area contributed by atoms with E-state index in [9.17, 15) is 14.4 Å². The van der Waals surface area contributed by atoms with E-state index >= 15 is 0 Å². The van der Waals surface area contributed by atoms with Crippen molar-refractivity contribution in [3.05, 3.63) is 16.0 Å². The zero-order valence-electron chi connectivity index (χ0n) is 14.1. The van der Waals surface area contributed by atoms with Gasteiger partial charge in [-0.3, -0.25) is 9.59 Å². The minimum atomic E-state index is -0.662. The van der Waals surface area contributed by atoms with Crippen LogP contribution >= 0.6 is 11.3 Å². The molecule has 1 heterocycles. The molecule has 1 fully saturated rings. The average molecular weight is 352 g/mol. The molecule has 2 rings (SSSR count). The molecule has 0 bridgehead atoms. The molecule has 24 heavy (non-hydrogen) atoms. The van der Waals surface area contributed by atoms with Crippen molar-refractivity contribution >= 4 is 34.1 Å². The quantitative estimate of drug-likeness (QED) is 0.736. The molecule has 1 saturated carbocycles. The summed E-state index contributed by atoms with van der Waals surface area (Å²) in [7, 11) is 0. The van der Waals surface area contributed by atoms with Crippen LogP contribution in [0.25, 0.3) is 0 Å². The number of nitrogens with one attached hydrogen (secondary N) is 1. The maximum Gasteiger partial charge on any atom is 0.348 e. The van der Waals surface area contributed by atoms with Crippen LogP contribution in [0.5, 0.6) is 0 Å². The minimum Gasteiger partial charge on any atom is -0.462 e. The molecule has 0 aromatic carbocycles. The minimum absolute atomic E-state index is 0.152. The highest BCUT2D eigenvalue weighted by atomic mass is 32.1. The SMILES string of the molecule is CCOC(=O)c1sc(NC(=O)CCC2CCCC2)c(C(N)=O)c1C.